The van der Waals surface area contributed by atoms with E-state index in [0.29, 0.717) is 12.4 Å². The van der Waals surface area contributed by atoms with Crippen LogP contribution < -0.4 is 0 Å². The van der Waals surface area contributed by atoms with E-state index in [0.717, 1.165) is 10.4 Å². The molecular formula is C9H12ClNOS. The molecule has 0 spiro atoms. The average Bonchev–Trinajstić information content (AvgIpc) is 2.50. The fraction of sp³-hybridized carbons (Fsp3) is 0.444. The summed E-state index contributed by atoms with van der Waals surface area (Å²) < 4.78 is 0. The van der Waals surface area contributed by atoms with Crippen LogP contribution in [-0.2, 0) is 0 Å². The van der Waals surface area contributed by atoms with Crippen LogP contribution in [0.2, 0.25) is 0 Å². The molecule has 1 heterocycles. The predicted molar refractivity (Wildman–Crippen MR) is 56.7 cm³/mol. The summed E-state index contributed by atoms with van der Waals surface area (Å²) >= 11 is 7.03. The number of halogens is 1. The summed E-state index contributed by atoms with van der Waals surface area (Å²) in [5.74, 6) is 0.542. The van der Waals surface area contributed by atoms with E-state index >= 15 is 0 Å². The van der Waals surface area contributed by atoms with Gasteiger partial charge < -0.3 is 4.90 Å². The molecule has 1 rings (SSSR count). The highest BCUT2D eigenvalue weighted by molar-refractivity contribution is 7.12. The van der Waals surface area contributed by atoms with Gasteiger partial charge in [-0.05, 0) is 23.9 Å². The van der Waals surface area contributed by atoms with Crippen LogP contribution in [0.25, 0.3) is 0 Å². The van der Waals surface area contributed by atoms with Gasteiger partial charge in [-0.15, -0.1) is 22.9 Å². The first-order valence-electron chi connectivity index (χ1n) is 4.02. The minimum atomic E-state index is 0.0631. The van der Waals surface area contributed by atoms with Crippen LogP contribution in [0.5, 0.6) is 0 Å². The number of alkyl halides is 1. The number of rotatable bonds is 3. The summed E-state index contributed by atoms with van der Waals surface area (Å²) in [6.45, 7) is 2.54. The van der Waals surface area contributed by atoms with Crippen molar-refractivity contribution in [2.75, 3.05) is 19.5 Å². The third kappa shape index (κ3) is 2.45. The van der Waals surface area contributed by atoms with E-state index in [1.807, 2.05) is 18.4 Å². The number of carbonyl (C=O) groups excluding carboxylic acids is 1. The van der Waals surface area contributed by atoms with Gasteiger partial charge in [0.05, 0.1) is 4.88 Å². The number of hydrogen-bond acceptors (Lipinski definition) is 2. The van der Waals surface area contributed by atoms with Gasteiger partial charge in [0, 0.05) is 19.5 Å². The quantitative estimate of drug-likeness (QED) is 0.712. The zero-order chi connectivity index (χ0) is 9.84. The van der Waals surface area contributed by atoms with E-state index < -0.39 is 0 Å². The van der Waals surface area contributed by atoms with Crippen molar-refractivity contribution in [1.29, 1.82) is 0 Å². The van der Waals surface area contributed by atoms with E-state index in [4.69, 9.17) is 11.6 Å². The van der Waals surface area contributed by atoms with Gasteiger partial charge in [-0.2, -0.15) is 0 Å². The summed E-state index contributed by atoms with van der Waals surface area (Å²) in [5, 5.41) is 1.93. The minimum absolute atomic E-state index is 0.0631. The molecule has 0 bridgehead atoms. The Kier molecular flexibility index (Phi) is 3.75. The largest absolute Gasteiger partial charge is 0.340 e. The lowest BCUT2D eigenvalue weighted by atomic mass is 10.3. The first-order chi connectivity index (χ1) is 6.16. The Morgan fingerprint density at radius 3 is 2.85 bits per heavy atom. The van der Waals surface area contributed by atoms with E-state index in [-0.39, 0.29) is 5.91 Å². The maximum Gasteiger partial charge on any atom is 0.263 e. The molecule has 1 aromatic heterocycles. The standard InChI is InChI=1S/C9H12ClNOS/c1-7-3-6-13-8(7)9(12)11(2)5-4-10/h3,6H,4-5H2,1-2H3. The van der Waals surface area contributed by atoms with Gasteiger partial charge >= 0.3 is 0 Å². The molecule has 0 N–H and O–H groups in total. The minimum Gasteiger partial charge on any atom is -0.340 e. The highest BCUT2D eigenvalue weighted by Crippen LogP contribution is 2.17. The molecule has 0 unspecified atom stereocenters. The van der Waals surface area contributed by atoms with E-state index in [9.17, 15) is 4.79 Å². The fourth-order valence-corrected chi connectivity index (χ4v) is 2.17. The van der Waals surface area contributed by atoms with Crippen molar-refractivity contribution in [3.05, 3.63) is 21.9 Å². The third-order valence-electron chi connectivity index (χ3n) is 1.82. The van der Waals surface area contributed by atoms with E-state index in [1.165, 1.54) is 11.3 Å². The first kappa shape index (κ1) is 10.5. The monoisotopic (exact) mass is 217 g/mol. The van der Waals surface area contributed by atoms with Gasteiger partial charge in [0.25, 0.3) is 5.91 Å². The van der Waals surface area contributed by atoms with E-state index in [1.54, 1.807) is 11.9 Å². The SMILES string of the molecule is Cc1ccsc1C(=O)N(C)CCCl. The maximum atomic E-state index is 11.7. The molecule has 0 aliphatic carbocycles. The summed E-state index contributed by atoms with van der Waals surface area (Å²) in [7, 11) is 1.77. The second-order valence-corrected chi connectivity index (χ2v) is 4.14. The Balaban J connectivity index is 2.73. The molecule has 0 radical (unpaired) electrons. The van der Waals surface area contributed by atoms with Crippen LogP contribution in [0, 0.1) is 6.92 Å². The highest BCUT2D eigenvalue weighted by atomic mass is 35.5. The van der Waals surface area contributed by atoms with Crippen molar-refractivity contribution in [2.45, 2.75) is 6.92 Å². The van der Waals surface area contributed by atoms with Gasteiger partial charge in [-0.1, -0.05) is 0 Å². The molecule has 0 saturated heterocycles. The number of aryl methyl sites for hydroxylation is 1. The number of nitrogens with zero attached hydrogens (tertiary/aromatic N) is 1. The van der Waals surface area contributed by atoms with Crippen molar-refractivity contribution >= 4 is 28.8 Å². The van der Waals surface area contributed by atoms with Crippen molar-refractivity contribution in [2.24, 2.45) is 0 Å². The van der Waals surface area contributed by atoms with Crippen molar-refractivity contribution in [3.8, 4) is 0 Å². The molecule has 13 heavy (non-hydrogen) atoms. The molecule has 4 heteroatoms. The molecule has 0 saturated carbocycles. The van der Waals surface area contributed by atoms with Crippen LogP contribution in [0.15, 0.2) is 11.4 Å². The first-order valence-corrected chi connectivity index (χ1v) is 5.43. The van der Waals surface area contributed by atoms with Gasteiger partial charge in [-0.25, -0.2) is 0 Å². The number of thiophene rings is 1. The van der Waals surface area contributed by atoms with Crippen LogP contribution in [-0.4, -0.2) is 30.3 Å². The molecular weight excluding hydrogens is 206 g/mol. The molecule has 0 aromatic carbocycles. The van der Waals surface area contributed by atoms with Gasteiger partial charge in [-0.3, -0.25) is 4.79 Å². The van der Waals surface area contributed by atoms with Gasteiger partial charge in [0.2, 0.25) is 0 Å². The third-order valence-corrected chi connectivity index (χ3v) is 3.00. The summed E-state index contributed by atoms with van der Waals surface area (Å²) in [6.07, 6.45) is 0. The Morgan fingerprint density at radius 2 is 2.38 bits per heavy atom. The lowest BCUT2D eigenvalue weighted by molar-refractivity contribution is 0.0807. The van der Waals surface area contributed by atoms with Crippen molar-refractivity contribution in [3.63, 3.8) is 0 Å². The summed E-state index contributed by atoms with van der Waals surface area (Å²) in [5.41, 5.74) is 1.04. The summed E-state index contributed by atoms with van der Waals surface area (Å²) in [4.78, 5) is 14.2. The van der Waals surface area contributed by atoms with Crippen LogP contribution in [0.4, 0.5) is 0 Å². The van der Waals surface area contributed by atoms with Crippen molar-refractivity contribution in [1.82, 2.24) is 4.90 Å². The van der Waals surface area contributed by atoms with Crippen LogP contribution >= 0.6 is 22.9 Å². The molecule has 72 valence electrons. The second kappa shape index (κ2) is 4.63. The zero-order valence-corrected chi connectivity index (χ0v) is 9.28. The average molecular weight is 218 g/mol. The predicted octanol–water partition coefficient (Wildman–Crippen LogP) is 2.37. The van der Waals surface area contributed by atoms with Crippen LogP contribution in [0.1, 0.15) is 15.2 Å². The number of carbonyl (C=O) groups is 1. The lowest BCUT2D eigenvalue weighted by Gasteiger charge is -2.14. The number of amides is 1. The molecule has 0 atom stereocenters. The molecule has 1 amide bonds. The zero-order valence-electron chi connectivity index (χ0n) is 7.71. The van der Waals surface area contributed by atoms with Gasteiger partial charge in [0.15, 0.2) is 0 Å². The van der Waals surface area contributed by atoms with Gasteiger partial charge in [0.1, 0.15) is 0 Å². The molecule has 0 fully saturated rings. The Morgan fingerprint density at radius 1 is 1.69 bits per heavy atom. The van der Waals surface area contributed by atoms with Crippen LogP contribution in [0.3, 0.4) is 0 Å². The Labute approximate surface area is 87.1 Å². The molecule has 0 aliphatic rings. The second-order valence-electron chi connectivity index (χ2n) is 2.85. The fourth-order valence-electron chi connectivity index (χ4n) is 0.994. The lowest BCUT2D eigenvalue weighted by Crippen LogP contribution is -2.28. The highest BCUT2D eigenvalue weighted by Gasteiger charge is 2.14. The smallest absolute Gasteiger partial charge is 0.263 e. The Bertz CT molecular complexity index is 298. The topological polar surface area (TPSA) is 20.3 Å². The molecule has 2 nitrogen and oxygen atoms in total. The van der Waals surface area contributed by atoms with Crippen molar-refractivity contribution < 1.29 is 4.79 Å². The maximum absolute atomic E-state index is 11.7. The Hall–Kier alpha value is -0.540. The normalized spacial score (nSPS) is 10.1. The summed E-state index contributed by atoms with van der Waals surface area (Å²) in [6, 6.07) is 1.95. The molecule has 1 aromatic rings. The number of hydrogen-bond donors (Lipinski definition) is 0. The van der Waals surface area contributed by atoms with E-state index in [2.05, 4.69) is 0 Å². The molecule has 0 aliphatic heterocycles.